The molecule has 0 aliphatic heterocycles. The molecule has 0 unspecified atom stereocenters. The van der Waals surface area contributed by atoms with Gasteiger partial charge in [-0.05, 0) is 38.1 Å². The minimum absolute atomic E-state index is 0.180. The number of urea groups is 1. The van der Waals surface area contributed by atoms with Crippen molar-refractivity contribution in [2.45, 2.75) is 19.9 Å². The molecule has 6 heteroatoms. The second-order valence-electron chi connectivity index (χ2n) is 6.04. The SMILES string of the molecule is Cc1nc(-c2ccccc2)sc1[C@@H](C)NC(=O)N(C)c1ccc(F)cc1. The fourth-order valence-corrected chi connectivity index (χ4v) is 3.72. The quantitative estimate of drug-likeness (QED) is 0.690. The van der Waals surface area contributed by atoms with Crippen LogP contribution in [0.25, 0.3) is 10.6 Å². The Labute approximate surface area is 156 Å². The Hall–Kier alpha value is -2.73. The first kappa shape index (κ1) is 18.1. The summed E-state index contributed by atoms with van der Waals surface area (Å²) < 4.78 is 13.0. The number of halogens is 1. The van der Waals surface area contributed by atoms with Crippen molar-refractivity contribution in [2.75, 3.05) is 11.9 Å². The highest BCUT2D eigenvalue weighted by Crippen LogP contribution is 2.31. The number of thiazole rings is 1. The number of benzene rings is 2. The molecule has 3 aromatic rings. The van der Waals surface area contributed by atoms with E-state index in [9.17, 15) is 9.18 Å². The van der Waals surface area contributed by atoms with Gasteiger partial charge in [0.2, 0.25) is 0 Å². The van der Waals surface area contributed by atoms with Gasteiger partial charge in [0.05, 0.1) is 16.6 Å². The number of aromatic nitrogens is 1. The van der Waals surface area contributed by atoms with Crippen LogP contribution in [0, 0.1) is 12.7 Å². The van der Waals surface area contributed by atoms with Gasteiger partial charge in [0.25, 0.3) is 0 Å². The summed E-state index contributed by atoms with van der Waals surface area (Å²) in [5.41, 5.74) is 2.60. The van der Waals surface area contributed by atoms with Crippen molar-refractivity contribution >= 4 is 23.1 Å². The van der Waals surface area contributed by atoms with Crippen LogP contribution in [0.15, 0.2) is 54.6 Å². The molecule has 1 aromatic heterocycles. The third-order valence-corrected chi connectivity index (χ3v) is 5.49. The van der Waals surface area contributed by atoms with Gasteiger partial charge in [-0.2, -0.15) is 0 Å². The van der Waals surface area contributed by atoms with Crippen molar-refractivity contribution in [3.05, 3.63) is 71.0 Å². The molecule has 4 nitrogen and oxygen atoms in total. The van der Waals surface area contributed by atoms with Crippen LogP contribution in [-0.2, 0) is 0 Å². The highest BCUT2D eigenvalue weighted by atomic mass is 32.1. The number of anilines is 1. The molecule has 0 aliphatic carbocycles. The van der Waals surface area contributed by atoms with Crippen LogP contribution in [0.1, 0.15) is 23.5 Å². The van der Waals surface area contributed by atoms with Gasteiger partial charge in [0.1, 0.15) is 10.8 Å². The zero-order valence-electron chi connectivity index (χ0n) is 14.9. The second-order valence-corrected chi connectivity index (χ2v) is 7.07. The summed E-state index contributed by atoms with van der Waals surface area (Å²) in [7, 11) is 1.66. The lowest BCUT2D eigenvalue weighted by molar-refractivity contribution is 0.245. The molecule has 1 N–H and O–H groups in total. The van der Waals surface area contributed by atoms with E-state index in [2.05, 4.69) is 10.3 Å². The van der Waals surface area contributed by atoms with Gasteiger partial charge < -0.3 is 5.32 Å². The van der Waals surface area contributed by atoms with E-state index >= 15 is 0 Å². The van der Waals surface area contributed by atoms with Crippen LogP contribution in [0.2, 0.25) is 0 Å². The molecular formula is C20H20FN3OS. The molecule has 26 heavy (non-hydrogen) atoms. The minimum Gasteiger partial charge on any atom is -0.330 e. The molecular weight excluding hydrogens is 349 g/mol. The lowest BCUT2D eigenvalue weighted by Gasteiger charge is -2.21. The van der Waals surface area contributed by atoms with Crippen LogP contribution in [0.4, 0.5) is 14.9 Å². The molecule has 0 saturated heterocycles. The van der Waals surface area contributed by atoms with Gasteiger partial charge in [0, 0.05) is 18.3 Å². The standard InChI is InChI=1S/C20H20FN3OS/c1-13-18(26-19(22-13)15-7-5-4-6-8-15)14(2)23-20(25)24(3)17-11-9-16(21)10-12-17/h4-12,14H,1-3H3,(H,23,25)/t14-/m1/s1. The van der Waals surface area contributed by atoms with Gasteiger partial charge in [0.15, 0.2) is 0 Å². The Morgan fingerprint density at radius 2 is 1.81 bits per heavy atom. The zero-order valence-corrected chi connectivity index (χ0v) is 15.7. The topological polar surface area (TPSA) is 45.2 Å². The number of amides is 2. The largest absolute Gasteiger partial charge is 0.330 e. The summed E-state index contributed by atoms with van der Waals surface area (Å²) in [6, 6.07) is 15.4. The predicted molar refractivity (Wildman–Crippen MR) is 104 cm³/mol. The van der Waals surface area contributed by atoms with Gasteiger partial charge in [-0.25, -0.2) is 14.2 Å². The lowest BCUT2D eigenvalue weighted by atomic mass is 10.2. The lowest BCUT2D eigenvalue weighted by Crippen LogP contribution is -2.38. The van der Waals surface area contributed by atoms with E-state index < -0.39 is 0 Å². The molecule has 0 bridgehead atoms. The molecule has 1 heterocycles. The maximum absolute atomic E-state index is 13.0. The number of hydrogen-bond donors (Lipinski definition) is 1. The molecule has 0 spiro atoms. The minimum atomic E-state index is -0.329. The van der Waals surface area contributed by atoms with E-state index in [-0.39, 0.29) is 17.9 Å². The monoisotopic (exact) mass is 369 g/mol. The summed E-state index contributed by atoms with van der Waals surface area (Å²) in [6.45, 7) is 3.89. The van der Waals surface area contributed by atoms with E-state index in [1.165, 1.54) is 17.0 Å². The summed E-state index contributed by atoms with van der Waals surface area (Å²) in [4.78, 5) is 19.6. The normalized spacial score (nSPS) is 11.8. The fourth-order valence-electron chi connectivity index (χ4n) is 2.64. The first-order valence-corrected chi connectivity index (χ1v) is 9.10. The Kier molecular flexibility index (Phi) is 5.32. The van der Waals surface area contributed by atoms with Crippen molar-refractivity contribution in [3.63, 3.8) is 0 Å². The average molecular weight is 369 g/mol. The zero-order chi connectivity index (χ0) is 18.7. The number of carbonyl (C=O) groups is 1. The number of nitrogens with one attached hydrogen (secondary N) is 1. The fraction of sp³-hybridized carbons (Fsp3) is 0.200. The van der Waals surface area contributed by atoms with Crippen LogP contribution >= 0.6 is 11.3 Å². The summed E-state index contributed by atoms with van der Waals surface area (Å²) >= 11 is 1.58. The molecule has 1 atom stereocenters. The Balaban J connectivity index is 1.73. The summed E-state index contributed by atoms with van der Waals surface area (Å²) in [5, 5.41) is 3.91. The molecule has 0 radical (unpaired) electrons. The number of rotatable bonds is 4. The number of aryl methyl sites for hydroxylation is 1. The molecule has 0 saturated carbocycles. The second kappa shape index (κ2) is 7.66. The van der Waals surface area contributed by atoms with Crippen molar-refractivity contribution in [3.8, 4) is 10.6 Å². The smallest absolute Gasteiger partial charge is 0.322 e. The Morgan fingerprint density at radius 1 is 1.15 bits per heavy atom. The van der Waals surface area contributed by atoms with E-state index in [1.807, 2.05) is 44.2 Å². The Morgan fingerprint density at radius 3 is 2.46 bits per heavy atom. The first-order chi connectivity index (χ1) is 12.5. The summed E-state index contributed by atoms with van der Waals surface area (Å²) in [5.74, 6) is -0.329. The van der Waals surface area contributed by atoms with Gasteiger partial charge in [-0.1, -0.05) is 30.3 Å². The summed E-state index contributed by atoms with van der Waals surface area (Å²) in [6.07, 6.45) is 0. The van der Waals surface area contributed by atoms with Crippen LogP contribution < -0.4 is 10.2 Å². The maximum atomic E-state index is 13.0. The highest BCUT2D eigenvalue weighted by molar-refractivity contribution is 7.15. The van der Waals surface area contributed by atoms with Gasteiger partial charge in [-0.15, -0.1) is 11.3 Å². The third-order valence-electron chi connectivity index (χ3n) is 4.11. The number of hydrogen-bond acceptors (Lipinski definition) is 3. The highest BCUT2D eigenvalue weighted by Gasteiger charge is 2.19. The van der Waals surface area contributed by atoms with Crippen LogP contribution in [0.3, 0.4) is 0 Å². The first-order valence-electron chi connectivity index (χ1n) is 8.28. The van der Waals surface area contributed by atoms with Crippen molar-refractivity contribution < 1.29 is 9.18 Å². The van der Waals surface area contributed by atoms with E-state index in [4.69, 9.17) is 0 Å². The third kappa shape index (κ3) is 3.91. The van der Waals surface area contributed by atoms with E-state index in [1.54, 1.807) is 30.5 Å². The maximum Gasteiger partial charge on any atom is 0.322 e. The molecule has 2 amide bonds. The van der Waals surface area contributed by atoms with Crippen LogP contribution in [0.5, 0.6) is 0 Å². The molecule has 2 aromatic carbocycles. The molecule has 0 fully saturated rings. The van der Waals surface area contributed by atoms with E-state index in [0.717, 1.165) is 21.1 Å². The molecule has 134 valence electrons. The van der Waals surface area contributed by atoms with Crippen molar-refractivity contribution in [1.82, 2.24) is 10.3 Å². The number of carbonyl (C=O) groups excluding carboxylic acids is 1. The average Bonchev–Trinajstić information content (AvgIpc) is 3.04. The molecule has 0 aliphatic rings. The van der Waals surface area contributed by atoms with Gasteiger partial charge in [-0.3, -0.25) is 4.90 Å². The Bertz CT molecular complexity index is 893. The van der Waals surface area contributed by atoms with Crippen molar-refractivity contribution in [1.29, 1.82) is 0 Å². The van der Waals surface area contributed by atoms with Gasteiger partial charge >= 0.3 is 6.03 Å². The number of nitrogens with zero attached hydrogens (tertiary/aromatic N) is 2. The molecule has 3 rings (SSSR count). The van der Waals surface area contributed by atoms with Crippen molar-refractivity contribution in [2.24, 2.45) is 0 Å². The van der Waals surface area contributed by atoms with E-state index in [0.29, 0.717) is 5.69 Å². The predicted octanol–water partition coefficient (Wildman–Crippen LogP) is 5.16. The van der Waals surface area contributed by atoms with Crippen LogP contribution in [-0.4, -0.2) is 18.1 Å².